The Labute approximate surface area is 161 Å². The van der Waals surface area contributed by atoms with Crippen molar-refractivity contribution in [2.75, 3.05) is 11.9 Å². The van der Waals surface area contributed by atoms with Crippen molar-refractivity contribution in [3.05, 3.63) is 92.9 Å². The Kier molecular flexibility index (Phi) is 5.16. The third-order valence-corrected chi connectivity index (χ3v) is 4.78. The summed E-state index contributed by atoms with van der Waals surface area (Å²) in [5.74, 6) is -0.740. The Morgan fingerprint density at radius 3 is 2.57 bits per heavy atom. The molecule has 2 heterocycles. The van der Waals surface area contributed by atoms with E-state index in [0.29, 0.717) is 49.7 Å². The predicted octanol–water partition coefficient (Wildman–Crippen LogP) is 3.22. The van der Waals surface area contributed by atoms with Crippen LogP contribution in [0.25, 0.3) is 0 Å². The van der Waals surface area contributed by atoms with Crippen molar-refractivity contribution in [1.29, 1.82) is 0 Å². The summed E-state index contributed by atoms with van der Waals surface area (Å²) in [5, 5.41) is 3.15. The van der Waals surface area contributed by atoms with Crippen molar-refractivity contribution in [3.63, 3.8) is 0 Å². The minimum absolute atomic E-state index is 0.185. The summed E-state index contributed by atoms with van der Waals surface area (Å²) in [7, 11) is 0. The van der Waals surface area contributed by atoms with Crippen LogP contribution in [0.15, 0.2) is 53.3 Å². The van der Waals surface area contributed by atoms with E-state index in [4.69, 9.17) is 0 Å². The van der Waals surface area contributed by atoms with E-state index in [-0.39, 0.29) is 5.56 Å². The smallest absolute Gasteiger partial charge is 0.257 e. The van der Waals surface area contributed by atoms with E-state index >= 15 is 0 Å². The monoisotopic (exact) mass is 382 g/mol. The molecular formula is C21H20F2N4O. The Morgan fingerprint density at radius 2 is 1.82 bits per heavy atom. The van der Waals surface area contributed by atoms with E-state index in [2.05, 4.69) is 15.3 Å². The first-order chi connectivity index (χ1) is 13.6. The molecule has 3 aromatic rings. The molecule has 0 fully saturated rings. The normalized spacial score (nSPS) is 13.9. The van der Waals surface area contributed by atoms with Gasteiger partial charge >= 0.3 is 0 Å². The van der Waals surface area contributed by atoms with Gasteiger partial charge in [0.05, 0.1) is 11.3 Å². The molecule has 0 radical (unpaired) electrons. The summed E-state index contributed by atoms with van der Waals surface area (Å²) in [6.45, 7) is 2.01. The number of nitrogens with zero attached hydrogens (tertiary/aromatic N) is 2. The standard InChI is InChI=1S/C21H20F2N4O/c22-16-8-15(9-17(23)10-16)12-27-7-6-19-18(13-27)20(28)26-21(25-19)24-11-14-4-2-1-3-5-14/h1-5,8-10H,6-7,11-13H2,(H2,24,25,26,28). The van der Waals surface area contributed by atoms with E-state index in [1.807, 2.05) is 35.2 Å². The maximum absolute atomic E-state index is 13.4. The zero-order valence-corrected chi connectivity index (χ0v) is 15.2. The van der Waals surface area contributed by atoms with E-state index in [1.54, 1.807) is 0 Å². The van der Waals surface area contributed by atoms with Gasteiger partial charge in [-0.1, -0.05) is 30.3 Å². The van der Waals surface area contributed by atoms with Gasteiger partial charge in [-0.3, -0.25) is 14.7 Å². The zero-order valence-electron chi connectivity index (χ0n) is 15.2. The third-order valence-electron chi connectivity index (χ3n) is 4.78. The number of anilines is 1. The van der Waals surface area contributed by atoms with E-state index in [1.165, 1.54) is 12.1 Å². The average Bonchev–Trinajstić information content (AvgIpc) is 2.67. The van der Waals surface area contributed by atoms with Gasteiger partial charge in [-0.2, -0.15) is 0 Å². The number of halogens is 2. The van der Waals surface area contributed by atoms with Crippen LogP contribution >= 0.6 is 0 Å². The summed E-state index contributed by atoms with van der Waals surface area (Å²) in [5.41, 5.74) is 2.83. The number of aromatic nitrogens is 2. The maximum Gasteiger partial charge on any atom is 0.257 e. The molecule has 4 rings (SSSR count). The highest BCUT2D eigenvalue weighted by Crippen LogP contribution is 2.18. The van der Waals surface area contributed by atoms with Crippen LogP contribution in [0, 0.1) is 11.6 Å². The highest BCUT2D eigenvalue weighted by Gasteiger charge is 2.21. The Balaban J connectivity index is 1.46. The lowest BCUT2D eigenvalue weighted by Gasteiger charge is -2.27. The molecule has 0 atom stereocenters. The van der Waals surface area contributed by atoms with Crippen molar-refractivity contribution in [1.82, 2.24) is 14.9 Å². The second kappa shape index (κ2) is 7.90. The maximum atomic E-state index is 13.4. The summed E-state index contributed by atoms with van der Waals surface area (Å²) in [4.78, 5) is 21.8. The zero-order chi connectivity index (χ0) is 19.5. The number of H-pyrrole nitrogens is 1. The number of rotatable bonds is 5. The lowest BCUT2D eigenvalue weighted by molar-refractivity contribution is 0.241. The molecule has 0 aliphatic carbocycles. The molecule has 2 N–H and O–H groups in total. The van der Waals surface area contributed by atoms with Crippen LogP contribution in [0.2, 0.25) is 0 Å². The lowest BCUT2D eigenvalue weighted by atomic mass is 10.1. The number of fused-ring (bicyclic) bond motifs is 1. The molecule has 0 saturated heterocycles. The first kappa shape index (κ1) is 18.3. The van der Waals surface area contributed by atoms with Crippen LogP contribution in [-0.4, -0.2) is 21.4 Å². The molecule has 1 aromatic heterocycles. The van der Waals surface area contributed by atoms with Gasteiger partial charge in [0.15, 0.2) is 0 Å². The number of aromatic amines is 1. The predicted molar refractivity (Wildman–Crippen MR) is 103 cm³/mol. The van der Waals surface area contributed by atoms with Crippen molar-refractivity contribution in [2.24, 2.45) is 0 Å². The molecular weight excluding hydrogens is 362 g/mol. The molecule has 144 valence electrons. The average molecular weight is 382 g/mol. The molecule has 0 unspecified atom stereocenters. The summed E-state index contributed by atoms with van der Waals surface area (Å²) in [6.07, 6.45) is 0.608. The minimum atomic E-state index is -0.596. The van der Waals surface area contributed by atoms with Crippen molar-refractivity contribution in [2.45, 2.75) is 26.1 Å². The lowest BCUT2D eigenvalue weighted by Crippen LogP contribution is -2.35. The van der Waals surface area contributed by atoms with Gasteiger partial charge in [0.2, 0.25) is 5.95 Å². The molecule has 1 aliphatic heterocycles. The number of nitrogens with one attached hydrogen (secondary N) is 2. The van der Waals surface area contributed by atoms with Gasteiger partial charge in [0.25, 0.3) is 5.56 Å². The van der Waals surface area contributed by atoms with E-state index in [9.17, 15) is 13.6 Å². The molecule has 2 aromatic carbocycles. The Hall–Kier alpha value is -3.06. The minimum Gasteiger partial charge on any atom is -0.352 e. The second-order valence-corrected chi connectivity index (χ2v) is 6.92. The number of benzene rings is 2. The summed E-state index contributed by atoms with van der Waals surface area (Å²) >= 11 is 0. The van der Waals surface area contributed by atoms with Crippen molar-refractivity contribution < 1.29 is 8.78 Å². The first-order valence-corrected chi connectivity index (χ1v) is 9.14. The van der Waals surface area contributed by atoms with Gasteiger partial charge in [-0.25, -0.2) is 13.8 Å². The van der Waals surface area contributed by atoms with Crippen LogP contribution in [0.3, 0.4) is 0 Å². The van der Waals surface area contributed by atoms with Crippen molar-refractivity contribution in [3.8, 4) is 0 Å². The highest BCUT2D eigenvalue weighted by atomic mass is 19.1. The molecule has 28 heavy (non-hydrogen) atoms. The van der Waals surface area contributed by atoms with Gasteiger partial charge in [-0.05, 0) is 23.3 Å². The molecule has 0 saturated carbocycles. The van der Waals surface area contributed by atoms with E-state index in [0.717, 1.165) is 17.3 Å². The third kappa shape index (κ3) is 4.26. The molecule has 7 heteroatoms. The second-order valence-electron chi connectivity index (χ2n) is 6.92. The fourth-order valence-corrected chi connectivity index (χ4v) is 3.44. The van der Waals surface area contributed by atoms with Crippen LogP contribution in [0.1, 0.15) is 22.4 Å². The largest absolute Gasteiger partial charge is 0.352 e. The first-order valence-electron chi connectivity index (χ1n) is 9.14. The molecule has 0 amide bonds. The van der Waals surface area contributed by atoms with E-state index < -0.39 is 11.6 Å². The SMILES string of the molecule is O=c1[nH]c(NCc2ccccc2)nc2c1CN(Cc1cc(F)cc(F)c1)CC2. The Morgan fingerprint density at radius 1 is 1.07 bits per heavy atom. The van der Waals surface area contributed by atoms with Crippen LogP contribution in [-0.2, 0) is 26.1 Å². The van der Waals surface area contributed by atoms with Gasteiger partial charge < -0.3 is 5.32 Å². The fraction of sp³-hybridized carbons (Fsp3) is 0.238. The summed E-state index contributed by atoms with van der Waals surface area (Å²) in [6, 6.07) is 13.3. The van der Waals surface area contributed by atoms with Gasteiger partial charge in [0, 0.05) is 38.7 Å². The number of hydrogen-bond acceptors (Lipinski definition) is 4. The molecule has 0 bridgehead atoms. The van der Waals surface area contributed by atoms with Crippen LogP contribution in [0.5, 0.6) is 0 Å². The molecule has 0 spiro atoms. The fourth-order valence-electron chi connectivity index (χ4n) is 3.44. The highest BCUT2D eigenvalue weighted by molar-refractivity contribution is 5.33. The molecule has 1 aliphatic rings. The summed E-state index contributed by atoms with van der Waals surface area (Å²) < 4.78 is 26.8. The quantitative estimate of drug-likeness (QED) is 0.711. The molecule has 5 nitrogen and oxygen atoms in total. The van der Waals surface area contributed by atoms with Gasteiger partial charge in [-0.15, -0.1) is 0 Å². The topological polar surface area (TPSA) is 61.0 Å². The van der Waals surface area contributed by atoms with Gasteiger partial charge in [0.1, 0.15) is 11.6 Å². The van der Waals surface area contributed by atoms with Crippen LogP contribution in [0.4, 0.5) is 14.7 Å². The number of hydrogen-bond donors (Lipinski definition) is 2. The van der Waals surface area contributed by atoms with Crippen molar-refractivity contribution >= 4 is 5.95 Å². The van der Waals surface area contributed by atoms with Crippen LogP contribution < -0.4 is 10.9 Å². The Bertz CT molecular complexity index is 1020.